The Labute approximate surface area is 107 Å². The highest BCUT2D eigenvalue weighted by Gasteiger charge is 2.08. The van der Waals surface area contributed by atoms with Crippen molar-refractivity contribution in [3.8, 4) is 12.1 Å². The average Bonchev–Trinajstić information content (AvgIpc) is 2.40. The number of nitriles is 1. The molecule has 1 aromatic heterocycles. The fourth-order valence-electron chi connectivity index (χ4n) is 1.26. The van der Waals surface area contributed by atoms with Gasteiger partial charge in [0, 0.05) is 13.1 Å². The van der Waals surface area contributed by atoms with E-state index < -0.39 is 0 Å². The van der Waals surface area contributed by atoms with Gasteiger partial charge in [-0.1, -0.05) is 6.92 Å². The van der Waals surface area contributed by atoms with Crippen molar-refractivity contribution in [2.24, 2.45) is 5.92 Å². The van der Waals surface area contributed by atoms with Crippen LogP contribution in [0.25, 0.3) is 0 Å². The minimum absolute atomic E-state index is 0.0599. The van der Waals surface area contributed by atoms with Gasteiger partial charge in [-0.3, -0.25) is 0 Å². The van der Waals surface area contributed by atoms with Gasteiger partial charge in [-0.15, -0.1) is 0 Å². The second-order valence-corrected chi connectivity index (χ2v) is 3.61. The van der Waals surface area contributed by atoms with Gasteiger partial charge in [0.15, 0.2) is 0 Å². The molecule has 0 aromatic carbocycles. The Bertz CT molecular complexity index is 416. The van der Waals surface area contributed by atoms with Crippen LogP contribution >= 0.6 is 0 Å². The molecule has 1 unspecified atom stereocenters. The predicted molar refractivity (Wildman–Crippen MR) is 68.4 cm³/mol. The van der Waals surface area contributed by atoms with Gasteiger partial charge in [0.25, 0.3) is 0 Å². The summed E-state index contributed by atoms with van der Waals surface area (Å²) >= 11 is 0. The second-order valence-electron chi connectivity index (χ2n) is 3.61. The molecule has 18 heavy (non-hydrogen) atoms. The van der Waals surface area contributed by atoms with Crippen molar-refractivity contribution in [1.82, 2.24) is 15.0 Å². The summed E-state index contributed by atoms with van der Waals surface area (Å²) in [5.74, 6) is 0.804. The first-order valence-electron chi connectivity index (χ1n) is 5.90. The molecular weight excluding hydrogens is 232 g/mol. The molecule has 1 heterocycles. The van der Waals surface area contributed by atoms with Gasteiger partial charge < -0.3 is 15.4 Å². The van der Waals surface area contributed by atoms with Gasteiger partial charge in [0.2, 0.25) is 11.9 Å². The Hall–Kier alpha value is -2.10. The topological polar surface area (TPSA) is 95.8 Å². The zero-order valence-electron chi connectivity index (χ0n) is 10.9. The van der Waals surface area contributed by atoms with E-state index in [2.05, 4.69) is 31.7 Å². The number of ether oxygens (including phenoxy) is 1. The van der Waals surface area contributed by atoms with E-state index in [1.165, 1.54) is 7.11 Å². The largest absolute Gasteiger partial charge is 0.467 e. The molecule has 7 heteroatoms. The molecule has 1 atom stereocenters. The van der Waals surface area contributed by atoms with E-state index in [0.29, 0.717) is 25.0 Å². The molecule has 2 N–H and O–H groups in total. The van der Waals surface area contributed by atoms with Crippen molar-refractivity contribution in [3.63, 3.8) is 0 Å². The molecule has 7 nitrogen and oxygen atoms in total. The molecule has 0 bridgehead atoms. The Morgan fingerprint density at radius 3 is 2.39 bits per heavy atom. The molecule has 0 amide bonds. The molecule has 0 saturated carbocycles. The lowest BCUT2D eigenvalue weighted by atomic mass is 10.1. The van der Waals surface area contributed by atoms with Crippen LogP contribution in [0.5, 0.6) is 6.01 Å². The average molecular weight is 250 g/mol. The summed E-state index contributed by atoms with van der Waals surface area (Å²) in [5, 5.41) is 14.9. The molecule has 98 valence electrons. The molecule has 0 radical (unpaired) electrons. The van der Waals surface area contributed by atoms with Gasteiger partial charge >= 0.3 is 6.01 Å². The summed E-state index contributed by atoms with van der Waals surface area (Å²) in [6.45, 7) is 5.13. The fraction of sp³-hybridized carbons (Fsp3) is 0.636. The maximum absolute atomic E-state index is 8.86. The fourth-order valence-corrected chi connectivity index (χ4v) is 1.26. The van der Waals surface area contributed by atoms with E-state index in [9.17, 15) is 0 Å². The number of methoxy groups -OCH3 is 1. The molecule has 0 saturated heterocycles. The van der Waals surface area contributed by atoms with E-state index in [-0.39, 0.29) is 11.9 Å². The van der Waals surface area contributed by atoms with Gasteiger partial charge in [-0.25, -0.2) is 0 Å². The number of hydrogen-bond donors (Lipinski definition) is 2. The zero-order chi connectivity index (χ0) is 13.4. The molecule has 0 spiro atoms. The van der Waals surface area contributed by atoms with Crippen LogP contribution in [0.4, 0.5) is 11.9 Å². The van der Waals surface area contributed by atoms with Crippen molar-refractivity contribution in [3.05, 3.63) is 0 Å². The van der Waals surface area contributed by atoms with Crippen LogP contribution in [-0.2, 0) is 0 Å². The maximum Gasteiger partial charge on any atom is 0.322 e. The summed E-state index contributed by atoms with van der Waals surface area (Å²) in [6, 6.07) is 2.45. The molecule has 0 aliphatic carbocycles. The lowest BCUT2D eigenvalue weighted by molar-refractivity contribution is 0.379. The third kappa shape index (κ3) is 4.05. The van der Waals surface area contributed by atoms with Crippen LogP contribution < -0.4 is 15.4 Å². The second kappa shape index (κ2) is 7.27. The van der Waals surface area contributed by atoms with Crippen LogP contribution in [-0.4, -0.2) is 35.2 Å². The summed E-state index contributed by atoms with van der Waals surface area (Å²) in [4.78, 5) is 12.3. The quantitative estimate of drug-likeness (QED) is 0.752. The molecule has 0 aliphatic heterocycles. The first-order chi connectivity index (χ1) is 8.73. The minimum Gasteiger partial charge on any atom is -0.467 e. The highest BCUT2D eigenvalue weighted by atomic mass is 16.5. The van der Waals surface area contributed by atoms with Gasteiger partial charge in [-0.05, 0) is 13.3 Å². The number of hydrogen-bond acceptors (Lipinski definition) is 7. The third-order valence-electron chi connectivity index (χ3n) is 2.31. The summed E-state index contributed by atoms with van der Waals surface area (Å²) in [7, 11) is 1.50. The van der Waals surface area contributed by atoms with Crippen molar-refractivity contribution in [1.29, 1.82) is 5.26 Å². The highest BCUT2D eigenvalue weighted by Crippen LogP contribution is 2.11. The molecule has 0 aliphatic rings. The van der Waals surface area contributed by atoms with Crippen LogP contribution in [0.15, 0.2) is 0 Å². The maximum atomic E-state index is 8.86. The van der Waals surface area contributed by atoms with E-state index in [0.717, 1.165) is 6.42 Å². The number of aromatic nitrogens is 3. The Balaban J connectivity index is 2.75. The smallest absolute Gasteiger partial charge is 0.322 e. The molecule has 1 rings (SSSR count). The van der Waals surface area contributed by atoms with Crippen LogP contribution in [0.1, 0.15) is 20.3 Å². The number of anilines is 2. The molecular formula is C11H18N6O. The Kier molecular flexibility index (Phi) is 5.64. The standard InChI is InChI=1S/C11H18N6O/c1-4-8(6-12)7-14-10-15-9(13-5-2)16-11(17-10)18-3/h8H,4-5,7H2,1-3H3,(H2,13,14,15,16,17). The Morgan fingerprint density at radius 2 is 1.89 bits per heavy atom. The van der Waals surface area contributed by atoms with E-state index in [4.69, 9.17) is 10.00 Å². The Morgan fingerprint density at radius 1 is 1.22 bits per heavy atom. The van der Waals surface area contributed by atoms with Crippen molar-refractivity contribution < 1.29 is 4.74 Å². The lowest BCUT2D eigenvalue weighted by Gasteiger charge is -2.10. The third-order valence-corrected chi connectivity index (χ3v) is 2.31. The van der Waals surface area contributed by atoms with Crippen molar-refractivity contribution in [2.45, 2.75) is 20.3 Å². The normalized spacial score (nSPS) is 11.4. The number of nitrogens with one attached hydrogen (secondary N) is 2. The number of nitrogens with zero attached hydrogens (tertiary/aromatic N) is 4. The van der Waals surface area contributed by atoms with Crippen LogP contribution in [0.2, 0.25) is 0 Å². The van der Waals surface area contributed by atoms with E-state index in [1.54, 1.807) is 0 Å². The SMILES string of the molecule is CCNc1nc(NCC(C#N)CC)nc(OC)n1. The van der Waals surface area contributed by atoms with Crippen LogP contribution in [0.3, 0.4) is 0 Å². The zero-order valence-corrected chi connectivity index (χ0v) is 10.9. The van der Waals surface area contributed by atoms with Crippen molar-refractivity contribution >= 4 is 11.9 Å². The summed E-state index contributed by atoms with van der Waals surface area (Å²) < 4.78 is 4.99. The number of rotatable bonds is 7. The summed E-state index contributed by atoms with van der Waals surface area (Å²) in [5.41, 5.74) is 0. The van der Waals surface area contributed by atoms with Gasteiger partial charge in [0.05, 0.1) is 19.1 Å². The predicted octanol–water partition coefficient (Wildman–Crippen LogP) is 1.27. The van der Waals surface area contributed by atoms with Crippen LogP contribution in [0, 0.1) is 17.2 Å². The van der Waals surface area contributed by atoms with Gasteiger partial charge in [0.1, 0.15) is 0 Å². The van der Waals surface area contributed by atoms with Gasteiger partial charge in [-0.2, -0.15) is 20.2 Å². The van der Waals surface area contributed by atoms with E-state index >= 15 is 0 Å². The highest BCUT2D eigenvalue weighted by molar-refractivity contribution is 5.35. The molecule has 0 fully saturated rings. The van der Waals surface area contributed by atoms with Crippen molar-refractivity contribution in [2.75, 3.05) is 30.8 Å². The summed E-state index contributed by atoms with van der Waals surface area (Å²) in [6.07, 6.45) is 0.784. The first kappa shape index (κ1) is 14.0. The molecule has 1 aromatic rings. The van der Waals surface area contributed by atoms with E-state index in [1.807, 2.05) is 13.8 Å². The minimum atomic E-state index is -0.0599. The monoisotopic (exact) mass is 250 g/mol. The first-order valence-corrected chi connectivity index (χ1v) is 5.90. The lowest BCUT2D eigenvalue weighted by Crippen LogP contribution is -2.15.